The molecule has 4 nitrogen and oxygen atoms in total. The fourth-order valence-electron chi connectivity index (χ4n) is 2.89. The second kappa shape index (κ2) is 8.65. The van der Waals surface area contributed by atoms with Gasteiger partial charge >= 0.3 is 0 Å². The van der Waals surface area contributed by atoms with Gasteiger partial charge < -0.3 is 4.74 Å². The van der Waals surface area contributed by atoms with E-state index in [0.29, 0.717) is 6.54 Å². The molecule has 1 aromatic heterocycles. The number of allylic oxidation sites excluding steroid dienone is 1. The molecule has 0 saturated carbocycles. The van der Waals surface area contributed by atoms with Gasteiger partial charge in [-0.2, -0.15) is 0 Å². The Kier molecular flexibility index (Phi) is 6.25. The van der Waals surface area contributed by atoms with Crippen LogP contribution in [0.2, 0.25) is 0 Å². The lowest BCUT2D eigenvalue weighted by molar-refractivity contribution is 0.414. The number of methoxy groups -OCH3 is 1. The van der Waals surface area contributed by atoms with Crippen molar-refractivity contribution in [2.24, 2.45) is 0 Å². The van der Waals surface area contributed by atoms with Crippen LogP contribution in [0.4, 0.5) is 0 Å². The van der Waals surface area contributed by atoms with Gasteiger partial charge in [-0.15, -0.1) is 16.8 Å². The van der Waals surface area contributed by atoms with Crippen molar-refractivity contribution < 1.29 is 4.74 Å². The smallest absolute Gasteiger partial charge is 0.192 e. The Morgan fingerprint density at radius 3 is 2.29 bits per heavy atom. The molecule has 0 aliphatic rings. The van der Waals surface area contributed by atoms with Crippen LogP contribution >= 0.6 is 11.8 Å². The van der Waals surface area contributed by atoms with Gasteiger partial charge in [-0.3, -0.25) is 4.57 Å². The van der Waals surface area contributed by atoms with Crippen molar-refractivity contribution in [1.29, 1.82) is 0 Å². The van der Waals surface area contributed by atoms with E-state index in [4.69, 9.17) is 4.74 Å². The zero-order valence-electron chi connectivity index (χ0n) is 17.0. The van der Waals surface area contributed by atoms with Crippen molar-refractivity contribution in [3.8, 4) is 17.1 Å². The van der Waals surface area contributed by atoms with Crippen molar-refractivity contribution in [3.05, 3.63) is 72.3 Å². The third-order valence-corrected chi connectivity index (χ3v) is 5.60. The number of hydrogen-bond donors (Lipinski definition) is 0. The summed E-state index contributed by atoms with van der Waals surface area (Å²) in [5.74, 6) is 2.56. The fourth-order valence-corrected chi connectivity index (χ4v) is 3.80. The standard InChI is InChI=1S/C23H27N3OS/c1-6-15-26-21(18-9-11-19(12-10-18)23(2,3)4)24-25-22(26)28-16-17-7-13-20(27-5)14-8-17/h6-14H,1,15-16H2,2-5H3. The monoisotopic (exact) mass is 393 g/mol. The van der Waals surface area contributed by atoms with Gasteiger partial charge in [0, 0.05) is 17.9 Å². The average Bonchev–Trinajstić information content (AvgIpc) is 3.09. The number of rotatable bonds is 7. The van der Waals surface area contributed by atoms with E-state index in [2.05, 4.69) is 78.5 Å². The summed E-state index contributed by atoms with van der Waals surface area (Å²) in [5.41, 5.74) is 3.72. The third-order valence-electron chi connectivity index (χ3n) is 4.56. The molecule has 0 saturated heterocycles. The molecule has 1 heterocycles. The highest BCUT2D eigenvalue weighted by atomic mass is 32.2. The normalized spacial score (nSPS) is 11.4. The summed E-state index contributed by atoms with van der Waals surface area (Å²) in [6.07, 6.45) is 1.88. The van der Waals surface area contributed by atoms with Gasteiger partial charge in [0.15, 0.2) is 11.0 Å². The number of hydrogen-bond acceptors (Lipinski definition) is 4. The van der Waals surface area contributed by atoms with Crippen LogP contribution in [0.25, 0.3) is 11.4 Å². The van der Waals surface area contributed by atoms with E-state index >= 15 is 0 Å². The summed E-state index contributed by atoms with van der Waals surface area (Å²) in [5, 5.41) is 9.79. The summed E-state index contributed by atoms with van der Waals surface area (Å²) >= 11 is 1.68. The van der Waals surface area contributed by atoms with Gasteiger partial charge in [-0.05, 0) is 28.7 Å². The summed E-state index contributed by atoms with van der Waals surface area (Å²) in [4.78, 5) is 0. The van der Waals surface area contributed by atoms with Gasteiger partial charge in [0.25, 0.3) is 0 Å². The minimum atomic E-state index is 0.132. The van der Waals surface area contributed by atoms with Crippen molar-refractivity contribution in [2.75, 3.05) is 7.11 Å². The fraction of sp³-hybridized carbons (Fsp3) is 0.304. The van der Waals surface area contributed by atoms with E-state index in [0.717, 1.165) is 28.0 Å². The lowest BCUT2D eigenvalue weighted by Gasteiger charge is -2.19. The maximum absolute atomic E-state index is 5.22. The summed E-state index contributed by atoms with van der Waals surface area (Å²) in [7, 11) is 1.68. The average molecular weight is 394 g/mol. The maximum atomic E-state index is 5.22. The first-order valence-electron chi connectivity index (χ1n) is 9.33. The first-order valence-corrected chi connectivity index (χ1v) is 10.3. The molecule has 0 radical (unpaired) electrons. The van der Waals surface area contributed by atoms with Gasteiger partial charge in [0.2, 0.25) is 0 Å². The third kappa shape index (κ3) is 4.65. The molecule has 146 valence electrons. The van der Waals surface area contributed by atoms with Gasteiger partial charge in [-0.1, -0.05) is 75.0 Å². The van der Waals surface area contributed by atoms with E-state index < -0.39 is 0 Å². The van der Waals surface area contributed by atoms with Crippen LogP contribution in [0.15, 0.2) is 66.3 Å². The Hall–Kier alpha value is -2.53. The highest BCUT2D eigenvalue weighted by Crippen LogP contribution is 2.29. The summed E-state index contributed by atoms with van der Waals surface area (Å²) in [6, 6.07) is 16.7. The minimum Gasteiger partial charge on any atom is -0.497 e. The number of ether oxygens (including phenoxy) is 1. The van der Waals surface area contributed by atoms with E-state index in [1.54, 1.807) is 18.9 Å². The van der Waals surface area contributed by atoms with Crippen molar-refractivity contribution in [1.82, 2.24) is 14.8 Å². The number of nitrogens with zero attached hydrogens (tertiary/aromatic N) is 3. The van der Waals surface area contributed by atoms with Gasteiger partial charge in [0.05, 0.1) is 7.11 Å². The zero-order chi connectivity index (χ0) is 20.1. The van der Waals surface area contributed by atoms with Crippen molar-refractivity contribution in [3.63, 3.8) is 0 Å². The highest BCUT2D eigenvalue weighted by Gasteiger charge is 2.16. The maximum Gasteiger partial charge on any atom is 0.192 e. The molecule has 28 heavy (non-hydrogen) atoms. The van der Waals surface area contributed by atoms with Crippen LogP contribution in [0.5, 0.6) is 5.75 Å². The first-order chi connectivity index (χ1) is 13.4. The van der Waals surface area contributed by atoms with Gasteiger partial charge in [0.1, 0.15) is 5.75 Å². The molecule has 0 bridgehead atoms. The van der Waals surface area contributed by atoms with Crippen LogP contribution in [0, 0.1) is 0 Å². The van der Waals surface area contributed by atoms with Gasteiger partial charge in [-0.25, -0.2) is 0 Å². The molecule has 0 atom stereocenters. The molecular formula is C23H27N3OS. The lowest BCUT2D eigenvalue weighted by Crippen LogP contribution is -2.10. The highest BCUT2D eigenvalue weighted by molar-refractivity contribution is 7.98. The van der Waals surface area contributed by atoms with Crippen LogP contribution in [-0.2, 0) is 17.7 Å². The Morgan fingerprint density at radius 1 is 1.04 bits per heavy atom. The van der Waals surface area contributed by atoms with E-state index in [9.17, 15) is 0 Å². The zero-order valence-corrected chi connectivity index (χ0v) is 17.8. The summed E-state index contributed by atoms with van der Waals surface area (Å²) in [6.45, 7) is 11.2. The SMILES string of the molecule is C=CCn1c(SCc2ccc(OC)cc2)nnc1-c1ccc(C(C)(C)C)cc1. The predicted octanol–water partition coefficient (Wildman–Crippen LogP) is 5.73. The second-order valence-corrected chi connectivity index (χ2v) is 8.61. The van der Waals surface area contributed by atoms with Crippen molar-refractivity contribution >= 4 is 11.8 Å². The quantitative estimate of drug-likeness (QED) is 0.380. The van der Waals surface area contributed by atoms with Crippen LogP contribution in [0.1, 0.15) is 31.9 Å². The Labute approximate surface area is 171 Å². The molecule has 0 fully saturated rings. The molecule has 2 aromatic carbocycles. The van der Waals surface area contributed by atoms with Crippen LogP contribution in [0.3, 0.4) is 0 Å². The molecule has 0 spiro atoms. The predicted molar refractivity (Wildman–Crippen MR) is 117 cm³/mol. The van der Waals surface area contributed by atoms with Crippen molar-refractivity contribution in [2.45, 2.75) is 43.6 Å². The second-order valence-electron chi connectivity index (χ2n) is 7.67. The lowest BCUT2D eigenvalue weighted by atomic mass is 9.87. The van der Waals surface area contributed by atoms with E-state index in [1.807, 2.05) is 18.2 Å². The largest absolute Gasteiger partial charge is 0.497 e. The number of thioether (sulfide) groups is 1. The molecule has 0 aliphatic heterocycles. The molecule has 0 aliphatic carbocycles. The Bertz CT molecular complexity index is 922. The number of benzene rings is 2. The Balaban J connectivity index is 1.81. The molecule has 3 rings (SSSR count). The molecule has 0 amide bonds. The van der Waals surface area contributed by atoms with Crippen LogP contribution < -0.4 is 4.74 Å². The van der Waals surface area contributed by atoms with Crippen LogP contribution in [-0.4, -0.2) is 21.9 Å². The minimum absolute atomic E-state index is 0.132. The summed E-state index contributed by atoms with van der Waals surface area (Å²) < 4.78 is 7.34. The molecule has 3 aromatic rings. The topological polar surface area (TPSA) is 39.9 Å². The molecule has 0 N–H and O–H groups in total. The first kappa shape index (κ1) is 20.2. The molecule has 0 unspecified atom stereocenters. The van der Waals surface area contributed by atoms with E-state index in [-0.39, 0.29) is 5.41 Å². The van der Waals surface area contributed by atoms with E-state index in [1.165, 1.54) is 11.1 Å². The Morgan fingerprint density at radius 2 is 1.71 bits per heavy atom. The molecular weight excluding hydrogens is 366 g/mol. The number of aromatic nitrogens is 3. The molecule has 5 heteroatoms.